The highest BCUT2D eigenvalue weighted by atomic mass is 32.2. The van der Waals surface area contributed by atoms with Gasteiger partial charge in [0.25, 0.3) is 5.56 Å². The highest BCUT2D eigenvalue weighted by molar-refractivity contribution is 7.99. The minimum Gasteiger partial charge on any atom is -0.495 e. The van der Waals surface area contributed by atoms with Gasteiger partial charge in [-0.3, -0.25) is 14.2 Å². The van der Waals surface area contributed by atoms with E-state index in [0.717, 1.165) is 11.8 Å². The zero-order valence-corrected chi connectivity index (χ0v) is 17.2. The van der Waals surface area contributed by atoms with E-state index in [1.807, 2.05) is 17.5 Å². The maximum atomic E-state index is 13.2. The summed E-state index contributed by atoms with van der Waals surface area (Å²) in [4.78, 5) is 30.1. The summed E-state index contributed by atoms with van der Waals surface area (Å²) in [7, 11) is 1.54. The summed E-state index contributed by atoms with van der Waals surface area (Å²) in [5, 5.41) is 8.62. The molecule has 0 saturated carbocycles. The van der Waals surface area contributed by atoms with Crippen LogP contribution in [0.1, 0.15) is 5.76 Å². The number of aromatic nitrogens is 3. The normalized spacial score (nSPS) is 11.0. The number of ether oxygens (including phenoxy) is 1. The van der Waals surface area contributed by atoms with Crippen LogP contribution in [-0.2, 0) is 4.79 Å². The van der Waals surface area contributed by atoms with E-state index in [-0.39, 0.29) is 17.2 Å². The van der Waals surface area contributed by atoms with E-state index < -0.39 is 0 Å². The summed E-state index contributed by atoms with van der Waals surface area (Å²) in [6, 6.07) is 10.6. The highest BCUT2D eigenvalue weighted by Gasteiger charge is 2.18. The van der Waals surface area contributed by atoms with Gasteiger partial charge in [0.2, 0.25) is 5.91 Å². The Morgan fingerprint density at radius 3 is 2.93 bits per heavy atom. The number of carbonyl (C=O) groups excluding carboxylic acids is 1. The summed E-state index contributed by atoms with van der Waals surface area (Å²) in [5.74, 6) is 1.24. The van der Waals surface area contributed by atoms with Gasteiger partial charge in [-0.2, -0.15) is 0 Å². The number of carbonyl (C=O) groups is 1. The number of nitrogens with one attached hydrogen (secondary N) is 1. The van der Waals surface area contributed by atoms with Gasteiger partial charge in [-0.1, -0.05) is 29.1 Å². The number of anilines is 1. The molecule has 29 heavy (non-hydrogen) atoms. The second-order valence-electron chi connectivity index (χ2n) is 6.00. The minimum atomic E-state index is -0.283. The molecule has 1 N–H and O–H groups in total. The lowest BCUT2D eigenvalue weighted by molar-refractivity contribution is -0.113. The fraction of sp³-hybridized carbons (Fsp3) is 0.158. The first kappa shape index (κ1) is 19.2. The number of para-hydroxylation sites is 2. The van der Waals surface area contributed by atoms with E-state index in [2.05, 4.69) is 15.5 Å². The number of benzene rings is 1. The Morgan fingerprint density at radius 1 is 1.34 bits per heavy atom. The van der Waals surface area contributed by atoms with Gasteiger partial charge < -0.3 is 14.6 Å². The molecule has 4 aromatic rings. The predicted octanol–water partition coefficient (Wildman–Crippen LogP) is 3.48. The van der Waals surface area contributed by atoms with Crippen LogP contribution in [-0.4, -0.2) is 33.5 Å². The molecule has 0 spiro atoms. The third-order valence-corrected chi connectivity index (χ3v) is 5.83. The average molecular weight is 428 g/mol. The molecule has 148 valence electrons. The zero-order chi connectivity index (χ0) is 20.4. The largest absolute Gasteiger partial charge is 0.495 e. The van der Waals surface area contributed by atoms with Crippen molar-refractivity contribution in [3.05, 3.63) is 57.9 Å². The molecule has 4 rings (SSSR count). The van der Waals surface area contributed by atoms with Crippen LogP contribution in [0.3, 0.4) is 0 Å². The molecular formula is C19H16N4O4S2. The van der Waals surface area contributed by atoms with Gasteiger partial charge in [-0.15, -0.1) is 11.3 Å². The molecule has 3 aromatic heterocycles. The summed E-state index contributed by atoms with van der Waals surface area (Å²) < 4.78 is 12.4. The predicted molar refractivity (Wildman–Crippen MR) is 112 cm³/mol. The summed E-state index contributed by atoms with van der Waals surface area (Å²) >= 11 is 2.49. The summed E-state index contributed by atoms with van der Waals surface area (Å²) in [6.07, 6.45) is 0. The lowest BCUT2D eigenvalue weighted by atomic mass is 10.3. The Hall–Kier alpha value is -3.11. The van der Waals surface area contributed by atoms with Crippen LogP contribution in [0.2, 0.25) is 0 Å². The van der Waals surface area contributed by atoms with Crippen LogP contribution in [0.25, 0.3) is 15.9 Å². The van der Waals surface area contributed by atoms with Crippen molar-refractivity contribution in [3.63, 3.8) is 0 Å². The van der Waals surface area contributed by atoms with Crippen molar-refractivity contribution in [1.82, 2.24) is 14.7 Å². The molecule has 0 unspecified atom stereocenters. The number of rotatable bonds is 6. The average Bonchev–Trinajstić information content (AvgIpc) is 3.35. The first-order valence-electron chi connectivity index (χ1n) is 8.56. The standard InChI is InChI=1S/C19H16N4O4S2/c1-11-9-15(22-27-11)21-16(24)10-29-19-20-12-7-8-28-17(12)18(25)23(19)13-5-3-4-6-14(13)26-2/h3-9H,10H2,1-2H3,(H,21,22,24). The summed E-state index contributed by atoms with van der Waals surface area (Å²) in [6.45, 7) is 1.74. The quantitative estimate of drug-likeness (QED) is 0.371. The van der Waals surface area contributed by atoms with E-state index in [1.54, 1.807) is 38.3 Å². The van der Waals surface area contributed by atoms with Crippen LogP contribution in [0.5, 0.6) is 5.75 Å². The first-order chi connectivity index (χ1) is 14.1. The number of aryl methyl sites for hydroxylation is 1. The molecule has 10 heteroatoms. The molecular weight excluding hydrogens is 412 g/mol. The van der Waals surface area contributed by atoms with E-state index in [0.29, 0.717) is 38.4 Å². The van der Waals surface area contributed by atoms with Crippen molar-refractivity contribution in [3.8, 4) is 11.4 Å². The number of hydrogen-bond donors (Lipinski definition) is 1. The van der Waals surface area contributed by atoms with Gasteiger partial charge >= 0.3 is 0 Å². The molecule has 0 saturated heterocycles. The monoisotopic (exact) mass is 428 g/mol. The minimum absolute atomic E-state index is 0.0448. The molecule has 1 amide bonds. The van der Waals surface area contributed by atoms with Crippen LogP contribution in [0, 0.1) is 6.92 Å². The van der Waals surface area contributed by atoms with Crippen molar-refractivity contribution in [2.45, 2.75) is 12.1 Å². The zero-order valence-electron chi connectivity index (χ0n) is 15.5. The van der Waals surface area contributed by atoms with Crippen molar-refractivity contribution >= 4 is 45.0 Å². The number of methoxy groups -OCH3 is 1. The third kappa shape index (κ3) is 3.89. The second-order valence-corrected chi connectivity index (χ2v) is 7.86. The number of nitrogens with zero attached hydrogens (tertiary/aromatic N) is 3. The Balaban J connectivity index is 1.69. The SMILES string of the molecule is COc1ccccc1-n1c(SCC(=O)Nc2cc(C)on2)nc2ccsc2c1=O. The molecule has 0 aliphatic heterocycles. The van der Waals surface area contributed by atoms with Crippen molar-refractivity contribution in [2.75, 3.05) is 18.2 Å². The smallest absolute Gasteiger partial charge is 0.276 e. The molecule has 1 aromatic carbocycles. The van der Waals surface area contributed by atoms with E-state index in [4.69, 9.17) is 9.26 Å². The van der Waals surface area contributed by atoms with E-state index >= 15 is 0 Å². The molecule has 0 radical (unpaired) electrons. The number of fused-ring (bicyclic) bond motifs is 1. The lowest BCUT2D eigenvalue weighted by Gasteiger charge is -2.14. The van der Waals surface area contributed by atoms with Gasteiger partial charge in [-0.05, 0) is 30.5 Å². The van der Waals surface area contributed by atoms with Crippen LogP contribution >= 0.6 is 23.1 Å². The lowest BCUT2D eigenvalue weighted by Crippen LogP contribution is -2.22. The van der Waals surface area contributed by atoms with Crippen LogP contribution in [0.4, 0.5) is 5.82 Å². The van der Waals surface area contributed by atoms with E-state index in [1.165, 1.54) is 15.9 Å². The van der Waals surface area contributed by atoms with Gasteiger partial charge in [-0.25, -0.2) is 4.98 Å². The number of thiophene rings is 1. The third-order valence-electron chi connectivity index (χ3n) is 4.00. The van der Waals surface area contributed by atoms with Gasteiger partial charge in [0, 0.05) is 6.07 Å². The van der Waals surface area contributed by atoms with Crippen LogP contribution in [0.15, 0.2) is 56.3 Å². The fourth-order valence-electron chi connectivity index (χ4n) is 2.75. The Labute approximate surface area is 173 Å². The van der Waals surface area contributed by atoms with Crippen molar-refractivity contribution in [1.29, 1.82) is 0 Å². The molecule has 0 fully saturated rings. The summed E-state index contributed by atoms with van der Waals surface area (Å²) in [5.41, 5.74) is 0.962. The van der Waals surface area contributed by atoms with E-state index in [9.17, 15) is 9.59 Å². The first-order valence-corrected chi connectivity index (χ1v) is 10.4. The Morgan fingerprint density at radius 2 is 2.17 bits per heavy atom. The molecule has 3 heterocycles. The van der Waals surface area contributed by atoms with Crippen molar-refractivity contribution in [2.24, 2.45) is 0 Å². The number of amides is 1. The maximum absolute atomic E-state index is 13.2. The maximum Gasteiger partial charge on any atom is 0.276 e. The fourth-order valence-corrected chi connectivity index (χ4v) is 4.32. The number of thioether (sulfide) groups is 1. The highest BCUT2D eigenvalue weighted by Crippen LogP contribution is 2.28. The molecule has 0 atom stereocenters. The topological polar surface area (TPSA) is 99.2 Å². The molecule has 0 aliphatic carbocycles. The Kier molecular flexibility index (Phi) is 5.36. The number of hydrogen-bond acceptors (Lipinski definition) is 8. The molecule has 8 nitrogen and oxygen atoms in total. The van der Waals surface area contributed by atoms with Gasteiger partial charge in [0.1, 0.15) is 16.2 Å². The Bertz CT molecular complexity index is 1240. The molecule has 0 bridgehead atoms. The molecule has 0 aliphatic rings. The van der Waals surface area contributed by atoms with Gasteiger partial charge in [0.15, 0.2) is 11.0 Å². The van der Waals surface area contributed by atoms with Gasteiger partial charge in [0.05, 0.1) is 24.1 Å². The van der Waals surface area contributed by atoms with Crippen LogP contribution < -0.4 is 15.6 Å². The second kappa shape index (κ2) is 8.10. The van der Waals surface area contributed by atoms with Crippen molar-refractivity contribution < 1.29 is 14.1 Å².